The SMILES string of the molecule is C.C.[CH2-]c1cc2c3ccccc3n(C)c2c2ccc(CC)cc12.[CH2-]c1ccc2c(c1)c([CH2-])cc1c3ccccc3n(C)c21.[CH2-]c1ccc2c(c1)c1cc([CH2-])c3ccccc3c1n2C.[CH2-]c1ccc2c(c1)c1cc([CH2-])c3ccccc3c1n2C.[Y].[Y].[Y].[Y].[Y].[Y].[Y].[Y].[Y].[Y]. The first-order chi connectivity index (χ1) is 39.2. The summed E-state index contributed by atoms with van der Waals surface area (Å²) in [5, 5.41) is 20.2. The second-order valence-corrected chi connectivity index (χ2v) is 21.9. The Hall–Kier alpha value is 1.01. The van der Waals surface area contributed by atoms with E-state index in [4.69, 9.17) is 0 Å². The number of hydrogen-bond acceptors (Lipinski definition) is 0. The molecule has 0 amide bonds. The number of hydrogen-bond donors (Lipinski definition) is 0. The molecule has 4 aromatic heterocycles. The molecular weight excluding hydrogens is 1890 g/mol. The van der Waals surface area contributed by atoms with Crippen molar-refractivity contribution in [3.63, 3.8) is 0 Å². The zero-order chi connectivity index (χ0) is 56.1. The minimum absolute atomic E-state index is 0. The van der Waals surface area contributed by atoms with E-state index in [1.54, 1.807) is 0 Å². The van der Waals surface area contributed by atoms with Crippen LogP contribution in [0.25, 0.3) is 130 Å². The first kappa shape index (κ1) is 92.0. The van der Waals surface area contributed by atoms with Gasteiger partial charge in [-0.3, -0.25) is 0 Å². The first-order valence-electron chi connectivity index (χ1n) is 27.7. The maximum absolute atomic E-state index is 4.28. The van der Waals surface area contributed by atoms with Gasteiger partial charge in [0, 0.05) is 399 Å². The van der Waals surface area contributed by atoms with Crippen LogP contribution >= 0.6 is 0 Å². The minimum Gasteiger partial charge on any atom is -0.347 e. The smallest absolute Gasteiger partial charge is 0.0477 e. The molecule has 10 radical (unpaired) electrons. The molecule has 0 saturated carbocycles. The Kier molecular flexibility index (Phi) is 38.6. The predicted molar refractivity (Wildman–Crippen MR) is 366 cm³/mol. The molecule has 0 spiro atoms. The number of benzene rings is 12. The quantitative estimate of drug-likeness (QED) is 0.146. The standard InChI is InChI=1S/C20H18N.3C19H15N.2CH4.10Y/c1-4-14-9-10-16-17(12-14)13(2)11-18-15-7-5-6-8-19(15)21(3)20(16)18;1-12-8-9-15-16(10-12)13(2)11-17-14-6-4-5-7-18(14)20(3)19(15)17;2*1-12-8-9-18-16(10-12)17-11-13(2)14-6-4-5-7-15(14)19(17)20(18)3;;;;;;;;;;;;/h5-12H,2,4H2,1,3H3;3*4-11H,1-2H2,3H3;2*1H4;;;;;;;;;;/q-1;3*-2;;;;;;;;;;;;. The molecule has 4 nitrogen and oxygen atoms in total. The second-order valence-electron chi connectivity index (χ2n) is 21.9. The van der Waals surface area contributed by atoms with Gasteiger partial charge in [-0.2, -0.15) is 142 Å². The van der Waals surface area contributed by atoms with Crippen LogP contribution in [0.3, 0.4) is 0 Å². The van der Waals surface area contributed by atoms with E-state index in [0.717, 1.165) is 45.4 Å². The van der Waals surface area contributed by atoms with Crippen molar-refractivity contribution < 1.29 is 327 Å². The zero-order valence-electron chi connectivity index (χ0n) is 52.7. The van der Waals surface area contributed by atoms with Crippen molar-refractivity contribution in [3.8, 4) is 0 Å². The van der Waals surface area contributed by atoms with Gasteiger partial charge >= 0.3 is 0 Å². The van der Waals surface area contributed by atoms with Gasteiger partial charge in [-0.05, 0) is 40.1 Å². The summed E-state index contributed by atoms with van der Waals surface area (Å²) in [6, 6.07) is 68.7. The zero-order valence-corrected chi connectivity index (χ0v) is 81.1. The third-order valence-electron chi connectivity index (χ3n) is 17.0. The van der Waals surface area contributed by atoms with Crippen molar-refractivity contribution in [2.24, 2.45) is 28.2 Å². The number of nitrogens with zero attached hydrogens (tertiary/aromatic N) is 4. The van der Waals surface area contributed by atoms with Gasteiger partial charge in [-0.25, -0.2) is 11.6 Å². The average Bonchev–Trinajstić information content (AvgIpc) is 1.64. The van der Waals surface area contributed by atoms with E-state index in [1.165, 1.54) is 136 Å². The van der Waals surface area contributed by atoms with Crippen LogP contribution in [-0.4, -0.2) is 18.3 Å². The van der Waals surface area contributed by atoms with E-state index in [2.05, 4.69) is 296 Å². The van der Waals surface area contributed by atoms with E-state index in [9.17, 15) is 0 Å². The van der Waals surface area contributed by atoms with E-state index < -0.39 is 0 Å². The molecule has 16 rings (SSSR count). The van der Waals surface area contributed by atoms with Crippen LogP contribution in [0.15, 0.2) is 194 Å². The fraction of sp³-hybridized carbons (Fsp3) is 0.101. The summed E-state index contributed by atoms with van der Waals surface area (Å²) in [5.74, 6) is 0. The Labute approximate surface area is 803 Å². The van der Waals surface area contributed by atoms with E-state index in [-0.39, 0.29) is 342 Å². The van der Waals surface area contributed by atoms with Crippen LogP contribution in [0, 0.1) is 48.5 Å². The molecule has 0 fully saturated rings. The molecule has 12 aromatic carbocycles. The molecule has 0 atom stereocenters. The van der Waals surface area contributed by atoms with E-state index >= 15 is 0 Å². The molecule has 0 aliphatic carbocycles. The summed E-state index contributed by atoms with van der Waals surface area (Å²) in [6.45, 7) is 31.2. The Balaban J connectivity index is 0.000000595. The van der Waals surface area contributed by atoms with Crippen molar-refractivity contribution >= 4 is 130 Å². The van der Waals surface area contributed by atoms with Gasteiger partial charge < -0.3 is 18.3 Å². The molecule has 16 aromatic rings. The van der Waals surface area contributed by atoms with Crippen molar-refractivity contribution in [3.05, 3.63) is 287 Å². The normalized spacial score (nSPS) is 10.2. The van der Waals surface area contributed by atoms with Crippen LogP contribution in [0.4, 0.5) is 0 Å². The van der Waals surface area contributed by atoms with Gasteiger partial charge in [0.15, 0.2) is 0 Å². The first-order valence-corrected chi connectivity index (χ1v) is 27.7. The van der Waals surface area contributed by atoms with E-state index in [0.29, 0.717) is 0 Å². The molecular formula is C79H71N4Y10-7. The summed E-state index contributed by atoms with van der Waals surface area (Å²) in [4.78, 5) is 0. The van der Waals surface area contributed by atoms with Crippen molar-refractivity contribution in [1.82, 2.24) is 18.3 Å². The average molecular weight is 1970 g/mol. The van der Waals surface area contributed by atoms with Gasteiger partial charge in [-0.1, -0.05) is 167 Å². The third-order valence-corrected chi connectivity index (χ3v) is 17.0. The maximum atomic E-state index is 4.28. The molecule has 14 heteroatoms. The number of rotatable bonds is 1. The van der Waals surface area contributed by atoms with Crippen LogP contribution in [0.5, 0.6) is 0 Å². The molecule has 93 heavy (non-hydrogen) atoms. The predicted octanol–water partition coefficient (Wildman–Crippen LogP) is 21.0. The number of aryl methyl sites for hydroxylation is 5. The molecule has 4 heterocycles. The van der Waals surface area contributed by atoms with Gasteiger partial charge in [0.1, 0.15) is 0 Å². The largest absolute Gasteiger partial charge is 0.347 e. The summed E-state index contributed by atoms with van der Waals surface area (Å²) in [6.07, 6.45) is 1.06. The summed E-state index contributed by atoms with van der Waals surface area (Å²) >= 11 is 0. The maximum Gasteiger partial charge on any atom is 0.0477 e. The van der Waals surface area contributed by atoms with Crippen LogP contribution in [0.1, 0.15) is 66.3 Å². The Morgan fingerprint density at radius 2 is 0.484 bits per heavy atom. The third kappa shape index (κ3) is 17.3. The summed E-state index contributed by atoms with van der Waals surface area (Å²) < 4.78 is 9.12. The molecule has 0 N–H and O–H groups in total. The van der Waals surface area contributed by atoms with Crippen LogP contribution in [-0.2, 0) is 362 Å². The number of aromatic nitrogens is 4. The number of fused-ring (bicyclic) bond motifs is 20. The molecule has 0 bridgehead atoms. The summed E-state index contributed by atoms with van der Waals surface area (Å²) in [5.41, 5.74) is 19.0. The van der Waals surface area contributed by atoms with Gasteiger partial charge in [0.25, 0.3) is 0 Å². The fourth-order valence-electron chi connectivity index (χ4n) is 13.1. The van der Waals surface area contributed by atoms with Crippen molar-refractivity contribution in [1.29, 1.82) is 0 Å². The van der Waals surface area contributed by atoms with Crippen LogP contribution < -0.4 is 0 Å². The molecule has 444 valence electrons. The molecule has 0 saturated heterocycles. The van der Waals surface area contributed by atoms with Gasteiger partial charge in [0.2, 0.25) is 0 Å². The second kappa shape index (κ2) is 39.0. The van der Waals surface area contributed by atoms with Crippen LogP contribution in [0.2, 0.25) is 0 Å². The minimum atomic E-state index is 0. The molecule has 0 aliphatic heterocycles. The fourth-order valence-corrected chi connectivity index (χ4v) is 13.1. The Bertz CT molecular complexity index is 5100. The van der Waals surface area contributed by atoms with Gasteiger partial charge in [-0.15, -0.1) is 40.4 Å². The Morgan fingerprint density at radius 3 is 0.839 bits per heavy atom. The Morgan fingerprint density at radius 1 is 0.237 bits per heavy atom. The molecule has 0 aliphatic rings. The van der Waals surface area contributed by atoms with Crippen molar-refractivity contribution in [2.75, 3.05) is 0 Å². The molecule has 0 unspecified atom stereocenters. The topological polar surface area (TPSA) is 19.7 Å². The van der Waals surface area contributed by atoms with Crippen molar-refractivity contribution in [2.45, 2.75) is 28.2 Å². The number of para-hydroxylation sites is 2. The summed E-state index contributed by atoms with van der Waals surface area (Å²) in [7, 11) is 8.54. The van der Waals surface area contributed by atoms with Gasteiger partial charge in [0.05, 0.1) is 0 Å². The van der Waals surface area contributed by atoms with E-state index in [1.807, 2.05) is 0 Å². The monoisotopic (exact) mass is 1960 g/mol.